The van der Waals surface area contributed by atoms with Crippen molar-refractivity contribution in [1.29, 1.82) is 0 Å². The van der Waals surface area contributed by atoms with Crippen LogP contribution in [0, 0.1) is 11.6 Å². The smallest absolute Gasteiger partial charge is 0.341 e. The van der Waals surface area contributed by atoms with Gasteiger partial charge >= 0.3 is 5.97 Å². The minimum atomic E-state index is -1.14. The summed E-state index contributed by atoms with van der Waals surface area (Å²) in [5, 5.41) is 2.48. The Morgan fingerprint density at radius 1 is 1.00 bits per heavy atom. The summed E-state index contributed by atoms with van der Waals surface area (Å²) in [6.07, 6.45) is 0. The van der Waals surface area contributed by atoms with Crippen molar-refractivity contribution in [2.45, 2.75) is 0 Å². The summed E-state index contributed by atoms with van der Waals surface area (Å²) in [6, 6.07) is 7.05. The molecule has 6 nitrogen and oxygen atoms in total. The molecule has 0 saturated carbocycles. The van der Waals surface area contributed by atoms with Crippen molar-refractivity contribution in [2.24, 2.45) is 0 Å². The van der Waals surface area contributed by atoms with Gasteiger partial charge in [0, 0.05) is 23.9 Å². The molecule has 2 rings (SSSR count). The number of carbonyl (C=O) groups is 2. The Kier molecular flexibility index (Phi) is 5.89. The number of rotatable bonds is 6. The number of carbonyl (C=O) groups excluding carboxylic acids is 2. The summed E-state index contributed by atoms with van der Waals surface area (Å²) < 4.78 is 41.3. The number of methoxy groups -OCH3 is 2. The number of nitrogens with one attached hydrogen (secondary N) is 1. The van der Waals surface area contributed by atoms with Gasteiger partial charge in [-0.1, -0.05) is 0 Å². The zero-order valence-corrected chi connectivity index (χ0v) is 13.5. The summed E-state index contributed by atoms with van der Waals surface area (Å²) >= 11 is 0. The van der Waals surface area contributed by atoms with Crippen molar-refractivity contribution >= 4 is 17.6 Å². The highest BCUT2D eigenvalue weighted by atomic mass is 19.1. The van der Waals surface area contributed by atoms with E-state index in [0.29, 0.717) is 23.3 Å². The molecular formula is C17H15F2NO5. The lowest BCUT2D eigenvalue weighted by Crippen LogP contribution is -2.21. The second-order valence-corrected chi connectivity index (χ2v) is 4.85. The van der Waals surface area contributed by atoms with Crippen molar-refractivity contribution in [1.82, 2.24) is 0 Å². The van der Waals surface area contributed by atoms with Gasteiger partial charge in [0.05, 0.1) is 19.8 Å². The molecule has 0 aliphatic carbocycles. The van der Waals surface area contributed by atoms with Crippen LogP contribution in [0.15, 0.2) is 36.4 Å². The van der Waals surface area contributed by atoms with Crippen molar-refractivity contribution in [3.05, 3.63) is 53.6 Å². The van der Waals surface area contributed by atoms with E-state index in [4.69, 9.17) is 14.2 Å². The second-order valence-electron chi connectivity index (χ2n) is 4.85. The number of hydrogen-bond acceptors (Lipinski definition) is 5. The van der Waals surface area contributed by atoms with Gasteiger partial charge in [0.15, 0.2) is 6.61 Å². The molecule has 0 heterocycles. The van der Waals surface area contributed by atoms with E-state index in [1.54, 1.807) is 6.07 Å². The average molecular weight is 351 g/mol. The summed E-state index contributed by atoms with van der Waals surface area (Å²) in [4.78, 5) is 23.6. The molecule has 1 amide bonds. The lowest BCUT2D eigenvalue weighted by molar-refractivity contribution is -0.119. The van der Waals surface area contributed by atoms with E-state index in [1.165, 1.54) is 26.4 Å². The second kappa shape index (κ2) is 8.09. The maximum absolute atomic E-state index is 13.5. The van der Waals surface area contributed by atoms with Gasteiger partial charge in [0.1, 0.15) is 23.1 Å². The molecule has 0 unspecified atom stereocenters. The van der Waals surface area contributed by atoms with E-state index in [9.17, 15) is 18.4 Å². The van der Waals surface area contributed by atoms with Crippen LogP contribution in [0.25, 0.3) is 0 Å². The lowest BCUT2D eigenvalue weighted by Gasteiger charge is -2.10. The van der Waals surface area contributed by atoms with Crippen LogP contribution in [0.4, 0.5) is 14.5 Å². The van der Waals surface area contributed by atoms with E-state index in [1.807, 2.05) is 0 Å². The number of benzene rings is 2. The molecule has 132 valence electrons. The van der Waals surface area contributed by atoms with Gasteiger partial charge in [0.25, 0.3) is 5.91 Å². The summed E-state index contributed by atoms with van der Waals surface area (Å²) in [6.45, 7) is -0.672. The third kappa shape index (κ3) is 4.90. The Balaban J connectivity index is 1.99. The zero-order valence-electron chi connectivity index (χ0n) is 13.5. The highest BCUT2D eigenvalue weighted by molar-refractivity contribution is 5.95. The van der Waals surface area contributed by atoms with Crippen LogP contribution in [0.3, 0.4) is 0 Å². The topological polar surface area (TPSA) is 73.9 Å². The van der Waals surface area contributed by atoms with Gasteiger partial charge in [-0.3, -0.25) is 4.79 Å². The van der Waals surface area contributed by atoms with Crippen LogP contribution in [0.5, 0.6) is 11.5 Å². The molecule has 0 bridgehead atoms. The predicted molar refractivity (Wildman–Crippen MR) is 84.8 cm³/mol. The Morgan fingerprint density at radius 3 is 2.24 bits per heavy atom. The Labute approximate surface area is 142 Å². The lowest BCUT2D eigenvalue weighted by atomic mass is 10.2. The largest absolute Gasteiger partial charge is 0.497 e. The fourth-order valence-corrected chi connectivity index (χ4v) is 1.94. The Hall–Kier alpha value is -3.16. The maximum Gasteiger partial charge on any atom is 0.341 e. The normalized spacial score (nSPS) is 10.1. The first-order chi connectivity index (χ1) is 11.9. The van der Waals surface area contributed by atoms with E-state index in [0.717, 1.165) is 12.1 Å². The van der Waals surface area contributed by atoms with Crippen molar-refractivity contribution in [3.63, 3.8) is 0 Å². The zero-order chi connectivity index (χ0) is 18.4. The third-order valence-electron chi connectivity index (χ3n) is 3.12. The fraction of sp³-hybridized carbons (Fsp3) is 0.176. The SMILES string of the molecule is COc1cc(NC(=O)COC(=O)c2cc(F)ccc2F)cc(OC)c1. The standard InChI is InChI=1S/C17H15F2NO5/c1-23-12-6-11(7-13(8-12)24-2)20-16(21)9-25-17(22)14-5-10(18)3-4-15(14)19/h3-8H,9H2,1-2H3,(H,20,21). The molecule has 0 aliphatic heterocycles. The summed E-state index contributed by atoms with van der Waals surface area (Å²) in [7, 11) is 2.91. The van der Waals surface area contributed by atoms with Gasteiger partial charge in [0.2, 0.25) is 0 Å². The first-order valence-corrected chi connectivity index (χ1v) is 7.08. The van der Waals surface area contributed by atoms with Gasteiger partial charge in [-0.05, 0) is 18.2 Å². The molecule has 0 spiro atoms. The molecule has 0 atom stereocenters. The Morgan fingerprint density at radius 2 is 1.64 bits per heavy atom. The minimum absolute atomic E-state index is 0.356. The van der Waals surface area contributed by atoms with Crippen LogP contribution in [-0.2, 0) is 9.53 Å². The highest BCUT2D eigenvalue weighted by Gasteiger charge is 2.16. The molecule has 25 heavy (non-hydrogen) atoms. The highest BCUT2D eigenvalue weighted by Crippen LogP contribution is 2.25. The average Bonchev–Trinajstić information content (AvgIpc) is 2.61. The molecule has 2 aromatic carbocycles. The van der Waals surface area contributed by atoms with Crippen LogP contribution >= 0.6 is 0 Å². The fourth-order valence-electron chi connectivity index (χ4n) is 1.94. The van der Waals surface area contributed by atoms with Crippen LogP contribution < -0.4 is 14.8 Å². The van der Waals surface area contributed by atoms with Gasteiger partial charge < -0.3 is 19.5 Å². The number of esters is 1. The number of amides is 1. The molecular weight excluding hydrogens is 336 g/mol. The molecule has 1 N–H and O–H groups in total. The van der Waals surface area contributed by atoms with Crippen molar-refractivity contribution in [2.75, 3.05) is 26.1 Å². The Bertz CT molecular complexity index is 772. The number of halogens is 2. The molecule has 2 aromatic rings. The first kappa shape index (κ1) is 18.2. The van der Waals surface area contributed by atoms with Crippen molar-refractivity contribution < 1.29 is 32.6 Å². The van der Waals surface area contributed by atoms with E-state index >= 15 is 0 Å². The molecule has 0 fully saturated rings. The van der Waals surface area contributed by atoms with Crippen molar-refractivity contribution in [3.8, 4) is 11.5 Å². The predicted octanol–water partition coefficient (Wildman–Crippen LogP) is 2.78. The van der Waals surface area contributed by atoms with Gasteiger partial charge in [-0.25, -0.2) is 13.6 Å². The first-order valence-electron chi connectivity index (χ1n) is 7.08. The van der Waals surface area contributed by atoms with Gasteiger partial charge in [-0.2, -0.15) is 0 Å². The molecule has 0 saturated heterocycles. The van der Waals surface area contributed by atoms with Gasteiger partial charge in [-0.15, -0.1) is 0 Å². The molecule has 0 radical (unpaired) electrons. The van der Waals surface area contributed by atoms with E-state index in [-0.39, 0.29) is 0 Å². The minimum Gasteiger partial charge on any atom is -0.497 e. The molecule has 0 aliphatic rings. The van der Waals surface area contributed by atoms with Crippen LogP contribution in [-0.4, -0.2) is 32.7 Å². The quantitative estimate of drug-likeness (QED) is 0.810. The number of hydrogen-bond donors (Lipinski definition) is 1. The maximum atomic E-state index is 13.5. The number of anilines is 1. The summed E-state index contributed by atoms with van der Waals surface area (Å²) in [5.74, 6) is -2.64. The van der Waals surface area contributed by atoms with E-state index in [2.05, 4.69) is 5.32 Å². The molecule has 8 heteroatoms. The third-order valence-corrected chi connectivity index (χ3v) is 3.12. The van der Waals surface area contributed by atoms with Crippen LogP contribution in [0.1, 0.15) is 10.4 Å². The van der Waals surface area contributed by atoms with E-state index < -0.39 is 35.7 Å². The monoisotopic (exact) mass is 351 g/mol. The summed E-state index contributed by atoms with van der Waals surface area (Å²) in [5.41, 5.74) is -0.231. The van der Waals surface area contributed by atoms with Crippen LogP contribution in [0.2, 0.25) is 0 Å². The number of ether oxygens (including phenoxy) is 3. The molecule has 0 aromatic heterocycles.